The highest BCUT2D eigenvalue weighted by molar-refractivity contribution is 6.40. The zero-order chi connectivity index (χ0) is 19.8. The largest absolute Gasteiger partial charge is 0.481 e. The van der Waals surface area contributed by atoms with Crippen molar-refractivity contribution in [2.75, 3.05) is 5.73 Å². The smallest absolute Gasteiger partial charge is 0.451 e. The first-order valence-corrected chi connectivity index (χ1v) is 8.88. The molecule has 0 radical (unpaired) electrons. The number of benzene rings is 1. The highest BCUT2D eigenvalue weighted by Crippen LogP contribution is 2.47. The molecule has 0 saturated heterocycles. The maximum absolute atomic E-state index is 14.7. The lowest BCUT2D eigenvalue weighted by Gasteiger charge is -2.28. The van der Waals surface area contributed by atoms with Gasteiger partial charge >= 0.3 is 13.1 Å². The molecule has 0 amide bonds. The Bertz CT molecular complexity index is 877. The van der Waals surface area contributed by atoms with Gasteiger partial charge in [0, 0.05) is 11.8 Å². The average Bonchev–Trinajstić information content (AvgIpc) is 2.87. The van der Waals surface area contributed by atoms with Crippen molar-refractivity contribution < 1.29 is 24.3 Å². The highest BCUT2D eigenvalue weighted by Gasteiger charge is 2.49. The van der Waals surface area contributed by atoms with Crippen LogP contribution < -0.4 is 5.73 Å². The van der Waals surface area contributed by atoms with Gasteiger partial charge in [-0.15, -0.1) is 0 Å². The van der Waals surface area contributed by atoms with Crippen molar-refractivity contribution in [2.24, 2.45) is 5.92 Å². The standard InChI is InChI=1S/C19H22BFN2O4/c1-19(18(24)25)12(4-2-6-20(26)27)8-11-9-15(21)13(10-14(11)19)17-16(22)5-3-7-23-17/h3,5,7,9-10,12,26-27H,2,4,6,8,22H2,1H3,(H,24,25)/t12-,19-/m0/s1. The number of nitrogens with zero attached hydrogens (tertiary/aromatic N) is 1. The highest BCUT2D eigenvalue weighted by atomic mass is 19.1. The van der Waals surface area contributed by atoms with E-state index < -0.39 is 24.3 Å². The molecule has 0 saturated carbocycles. The minimum Gasteiger partial charge on any atom is -0.481 e. The summed E-state index contributed by atoms with van der Waals surface area (Å²) in [6.07, 6.45) is 3.08. The number of nitrogens with two attached hydrogens (primary N) is 1. The summed E-state index contributed by atoms with van der Waals surface area (Å²) in [6, 6.07) is 6.20. The Balaban J connectivity index is 2.03. The number of hydrogen-bond donors (Lipinski definition) is 4. The second-order valence-electron chi connectivity index (χ2n) is 7.25. The van der Waals surface area contributed by atoms with E-state index in [9.17, 15) is 14.3 Å². The molecule has 2 aromatic rings. The molecular weight excluding hydrogens is 350 g/mol. The van der Waals surface area contributed by atoms with Crippen molar-refractivity contribution in [2.45, 2.75) is 37.9 Å². The number of rotatable bonds is 6. The number of pyridine rings is 1. The lowest BCUT2D eigenvalue weighted by atomic mass is 9.72. The van der Waals surface area contributed by atoms with Gasteiger partial charge in [-0.2, -0.15) is 0 Å². The van der Waals surface area contributed by atoms with Crippen LogP contribution in [0.1, 0.15) is 30.9 Å². The van der Waals surface area contributed by atoms with Gasteiger partial charge in [0.1, 0.15) is 5.82 Å². The quantitative estimate of drug-likeness (QED) is 0.578. The van der Waals surface area contributed by atoms with Crippen LogP contribution in [0.25, 0.3) is 11.3 Å². The number of aromatic nitrogens is 1. The van der Waals surface area contributed by atoms with Crippen molar-refractivity contribution in [3.63, 3.8) is 0 Å². The molecule has 2 atom stereocenters. The molecule has 5 N–H and O–H groups in total. The van der Waals surface area contributed by atoms with Crippen LogP contribution in [0, 0.1) is 11.7 Å². The van der Waals surface area contributed by atoms with Gasteiger partial charge in [-0.05, 0) is 67.4 Å². The molecule has 6 nitrogen and oxygen atoms in total. The third-order valence-corrected chi connectivity index (χ3v) is 5.59. The monoisotopic (exact) mass is 372 g/mol. The van der Waals surface area contributed by atoms with Crippen molar-refractivity contribution >= 4 is 18.8 Å². The van der Waals surface area contributed by atoms with E-state index in [1.807, 2.05) is 0 Å². The summed E-state index contributed by atoms with van der Waals surface area (Å²) >= 11 is 0. The molecule has 0 aliphatic heterocycles. The van der Waals surface area contributed by atoms with E-state index in [-0.39, 0.29) is 23.5 Å². The van der Waals surface area contributed by atoms with Crippen molar-refractivity contribution in [1.82, 2.24) is 4.98 Å². The molecule has 1 aromatic heterocycles. The first kappa shape index (κ1) is 19.3. The van der Waals surface area contributed by atoms with Gasteiger partial charge in [0.25, 0.3) is 0 Å². The van der Waals surface area contributed by atoms with Gasteiger partial charge in [-0.25, -0.2) is 4.39 Å². The summed E-state index contributed by atoms with van der Waals surface area (Å²) in [4.78, 5) is 16.3. The molecule has 142 valence electrons. The third kappa shape index (κ3) is 3.42. The topological polar surface area (TPSA) is 117 Å². The van der Waals surface area contributed by atoms with Gasteiger partial charge in [-0.1, -0.05) is 6.42 Å². The fraction of sp³-hybridized carbons (Fsp3) is 0.368. The predicted molar refractivity (Wildman–Crippen MR) is 100 cm³/mol. The van der Waals surface area contributed by atoms with Crippen LogP contribution in [0.15, 0.2) is 30.5 Å². The van der Waals surface area contributed by atoms with Gasteiger partial charge in [0.05, 0.1) is 16.8 Å². The Morgan fingerprint density at radius 2 is 2.19 bits per heavy atom. The number of fused-ring (bicyclic) bond motifs is 1. The minimum atomic E-state index is -1.42. The van der Waals surface area contributed by atoms with Gasteiger partial charge in [0.15, 0.2) is 0 Å². The normalized spacial score (nSPS) is 21.1. The number of carboxylic acid groups (broad SMARTS) is 1. The van der Waals surface area contributed by atoms with E-state index in [1.54, 1.807) is 25.1 Å². The number of aliphatic carboxylic acids is 1. The van der Waals surface area contributed by atoms with Crippen LogP contribution in [-0.4, -0.2) is 33.2 Å². The molecule has 1 aliphatic rings. The number of carboxylic acids is 1. The van der Waals surface area contributed by atoms with Crippen LogP contribution in [0.2, 0.25) is 6.32 Å². The lowest BCUT2D eigenvalue weighted by Crippen LogP contribution is -2.37. The summed E-state index contributed by atoms with van der Waals surface area (Å²) in [5.41, 5.74) is 6.74. The molecule has 0 bridgehead atoms. The molecule has 1 aromatic carbocycles. The minimum absolute atomic E-state index is 0.173. The number of carbonyl (C=O) groups is 1. The maximum atomic E-state index is 14.7. The van der Waals surface area contributed by atoms with Gasteiger partial charge in [0.2, 0.25) is 0 Å². The average molecular weight is 372 g/mol. The molecular formula is C19H22BFN2O4. The van der Waals surface area contributed by atoms with Crippen LogP contribution >= 0.6 is 0 Å². The molecule has 8 heteroatoms. The lowest BCUT2D eigenvalue weighted by molar-refractivity contribution is -0.145. The SMILES string of the molecule is C[C@@]1(C(=O)O)c2cc(-c3ncccc3N)c(F)cc2C[C@@H]1CCCB(O)O. The number of halogens is 1. The summed E-state index contributed by atoms with van der Waals surface area (Å²) in [5, 5.41) is 28.0. The maximum Gasteiger partial charge on any atom is 0.451 e. The number of hydrogen-bond acceptors (Lipinski definition) is 5. The zero-order valence-electron chi connectivity index (χ0n) is 15.0. The van der Waals surface area contributed by atoms with E-state index in [0.29, 0.717) is 36.1 Å². The Morgan fingerprint density at radius 1 is 1.44 bits per heavy atom. The Hall–Kier alpha value is -2.45. The first-order valence-electron chi connectivity index (χ1n) is 8.88. The van der Waals surface area contributed by atoms with E-state index in [4.69, 9.17) is 15.8 Å². The zero-order valence-corrected chi connectivity index (χ0v) is 15.0. The number of nitrogen functional groups attached to an aromatic ring is 1. The van der Waals surface area contributed by atoms with E-state index in [0.717, 1.165) is 0 Å². The van der Waals surface area contributed by atoms with Crippen molar-refractivity contribution in [3.05, 3.63) is 47.4 Å². The molecule has 3 rings (SSSR count). The Kier molecular flexibility index (Phi) is 5.21. The van der Waals surface area contributed by atoms with Gasteiger partial charge in [-0.3, -0.25) is 9.78 Å². The van der Waals surface area contributed by atoms with Crippen LogP contribution in [-0.2, 0) is 16.6 Å². The second kappa shape index (κ2) is 7.29. The molecule has 0 unspecified atom stereocenters. The van der Waals surface area contributed by atoms with E-state index in [2.05, 4.69) is 4.98 Å². The summed E-state index contributed by atoms with van der Waals surface area (Å²) < 4.78 is 14.7. The fourth-order valence-corrected chi connectivity index (χ4v) is 4.01. The summed E-state index contributed by atoms with van der Waals surface area (Å²) in [5.74, 6) is -1.74. The molecule has 1 aliphatic carbocycles. The summed E-state index contributed by atoms with van der Waals surface area (Å²) in [6.45, 7) is 1.64. The van der Waals surface area contributed by atoms with Crippen LogP contribution in [0.4, 0.5) is 10.1 Å². The molecule has 27 heavy (non-hydrogen) atoms. The number of anilines is 1. The van der Waals surface area contributed by atoms with Crippen molar-refractivity contribution in [3.8, 4) is 11.3 Å². The fourth-order valence-electron chi connectivity index (χ4n) is 4.01. The molecule has 0 spiro atoms. The third-order valence-electron chi connectivity index (χ3n) is 5.59. The second-order valence-corrected chi connectivity index (χ2v) is 7.25. The summed E-state index contributed by atoms with van der Waals surface area (Å²) in [7, 11) is -1.42. The molecule has 1 heterocycles. The predicted octanol–water partition coefficient (Wildman–Crippen LogP) is 2.24. The van der Waals surface area contributed by atoms with Crippen molar-refractivity contribution in [1.29, 1.82) is 0 Å². The van der Waals surface area contributed by atoms with Crippen LogP contribution in [0.5, 0.6) is 0 Å². The van der Waals surface area contributed by atoms with E-state index in [1.165, 1.54) is 12.3 Å². The Morgan fingerprint density at radius 3 is 2.81 bits per heavy atom. The van der Waals surface area contributed by atoms with Gasteiger partial charge < -0.3 is 20.9 Å². The van der Waals surface area contributed by atoms with Crippen LogP contribution in [0.3, 0.4) is 0 Å². The first-order chi connectivity index (χ1) is 12.7. The Labute approximate surface area is 157 Å². The van der Waals surface area contributed by atoms with E-state index >= 15 is 0 Å². The molecule has 0 fully saturated rings.